The van der Waals surface area contributed by atoms with E-state index in [-0.39, 0.29) is 11.6 Å². The number of carbonyl (C=O) groups excluding carboxylic acids is 1. The topological polar surface area (TPSA) is 57.3 Å². The molecule has 1 heterocycles. The quantitative estimate of drug-likeness (QED) is 0.765. The highest BCUT2D eigenvalue weighted by Gasteiger charge is 2.09. The lowest BCUT2D eigenvalue weighted by molar-refractivity contribution is 0.0952. The summed E-state index contributed by atoms with van der Waals surface area (Å²) in [4.78, 5) is 18.2. The SMILES string of the molecule is CN(C)CCCNC(=O)c1ccnc(Nc2ccc(F)cc2F)c1. The molecule has 2 aromatic rings. The smallest absolute Gasteiger partial charge is 0.251 e. The monoisotopic (exact) mass is 334 g/mol. The molecule has 24 heavy (non-hydrogen) atoms. The van der Waals surface area contributed by atoms with Crippen molar-refractivity contribution in [1.82, 2.24) is 15.2 Å². The minimum atomic E-state index is -0.727. The molecule has 5 nitrogen and oxygen atoms in total. The molecule has 0 fully saturated rings. The average molecular weight is 334 g/mol. The summed E-state index contributed by atoms with van der Waals surface area (Å²) in [5, 5.41) is 5.56. The molecular formula is C17H20F2N4O. The first-order valence-corrected chi connectivity index (χ1v) is 7.57. The number of benzene rings is 1. The Balaban J connectivity index is 1.99. The molecule has 0 unspecified atom stereocenters. The molecule has 128 valence electrons. The molecule has 0 bridgehead atoms. The van der Waals surface area contributed by atoms with E-state index in [0.29, 0.717) is 17.9 Å². The van der Waals surface area contributed by atoms with Crippen LogP contribution >= 0.6 is 0 Å². The van der Waals surface area contributed by atoms with Crippen LogP contribution in [-0.4, -0.2) is 43.0 Å². The maximum Gasteiger partial charge on any atom is 0.251 e. The zero-order chi connectivity index (χ0) is 17.5. The second-order valence-corrected chi connectivity index (χ2v) is 5.59. The van der Waals surface area contributed by atoms with E-state index in [4.69, 9.17) is 0 Å². The first-order valence-electron chi connectivity index (χ1n) is 7.57. The fourth-order valence-electron chi connectivity index (χ4n) is 2.07. The molecular weight excluding hydrogens is 314 g/mol. The molecule has 7 heteroatoms. The Kier molecular flexibility index (Phi) is 6.20. The average Bonchev–Trinajstić information content (AvgIpc) is 2.54. The van der Waals surface area contributed by atoms with Crippen LogP contribution in [0.15, 0.2) is 36.5 Å². The number of anilines is 2. The van der Waals surface area contributed by atoms with E-state index in [1.807, 2.05) is 19.0 Å². The summed E-state index contributed by atoms with van der Waals surface area (Å²) in [6.07, 6.45) is 2.30. The number of carbonyl (C=O) groups is 1. The number of nitrogens with zero attached hydrogens (tertiary/aromatic N) is 2. The Bertz CT molecular complexity index is 707. The van der Waals surface area contributed by atoms with Crippen molar-refractivity contribution in [2.45, 2.75) is 6.42 Å². The van der Waals surface area contributed by atoms with Gasteiger partial charge in [0.1, 0.15) is 17.5 Å². The summed E-state index contributed by atoms with van der Waals surface area (Å²) < 4.78 is 26.6. The lowest BCUT2D eigenvalue weighted by atomic mass is 10.2. The van der Waals surface area contributed by atoms with E-state index >= 15 is 0 Å². The molecule has 2 rings (SSSR count). The van der Waals surface area contributed by atoms with Gasteiger partial charge in [-0.05, 0) is 51.3 Å². The number of nitrogens with one attached hydrogen (secondary N) is 2. The second-order valence-electron chi connectivity index (χ2n) is 5.59. The van der Waals surface area contributed by atoms with Gasteiger partial charge in [-0.1, -0.05) is 0 Å². The molecule has 0 aliphatic rings. The molecule has 0 radical (unpaired) electrons. The minimum Gasteiger partial charge on any atom is -0.352 e. The van der Waals surface area contributed by atoms with Gasteiger partial charge in [-0.3, -0.25) is 4.79 Å². The van der Waals surface area contributed by atoms with E-state index in [1.54, 1.807) is 6.07 Å². The largest absolute Gasteiger partial charge is 0.352 e. The second kappa shape index (κ2) is 8.35. The van der Waals surface area contributed by atoms with Crippen LogP contribution in [0.5, 0.6) is 0 Å². The Hall–Kier alpha value is -2.54. The minimum absolute atomic E-state index is 0.0902. The van der Waals surface area contributed by atoms with Gasteiger partial charge >= 0.3 is 0 Å². The van der Waals surface area contributed by atoms with Crippen LogP contribution in [0.3, 0.4) is 0 Å². The van der Waals surface area contributed by atoms with E-state index < -0.39 is 11.6 Å². The Morgan fingerprint density at radius 3 is 2.71 bits per heavy atom. The van der Waals surface area contributed by atoms with Gasteiger partial charge in [-0.25, -0.2) is 13.8 Å². The molecule has 0 aliphatic heterocycles. The maximum absolute atomic E-state index is 13.7. The molecule has 0 aliphatic carbocycles. The fourth-order valence-corrected chi connectivity index (χ4v) is 2.07. The van der Waals surface area contributed by atoms with Crippen LogP contribution < -0.4 is 10.6 Å². The highest BCUT2D eigenvalue weighted by molar-refractivity contribution is 5.94. The predicted molar refractivity (Wildman–Crippen MR) is 89.4 cm³/mol. The summed E-state index contributed by atoms with van der Waals surface area (Å²) in [6.45, 7) is 1.45. The molecule has 1 amide bonds. The highest BCUT2D eigenvalue weighted by Crippen LogP contribution is 2.19. The Morgan fingerprint density at radius 2 is 2.00 bits per heavy atom. The fraction of sp³-hybridized carbons (Fsp3) is 0.294. The number of amides is 1. The molecule has 1 aromatic carbocycles. The van der Waals surface area contributed by atoms with E-state index in [9.17, 15) is 13.6 Å². The van der Waals surface area contributed by atoms with Gasteiger partial charge in [-0.15, -0.1) is 0 Å². The van der Waals surface area contributed by atoms with Crippen molar-refractivity contribution in [3.05, 3.63) is 53.7 Å². The number of halogens is 2. The van der Waals surface area contributed by atoms with E-state index in [0.717, 1.165) is 25.1 Å². The van der Waals surface area contributed by atoms with E-state index in [2.05, 4.69) is 15.6 Å². The number of pyridine rings is 1. The van der Waals surface area contributed by atoms with Gasteiger partial charge in [0.25, 0.3) is 5.91 Å². The van der Waals surface area contributed by atoms with E-state index in [1.165, 1.54) is 18.3 Å². The Labute approximate surface area is 139 Å². The first-order chi connectivity index (χ1) is 11.5. The summed E-state index contributed by atoms with van der Waals surface area (Å²) in [7, 11) is 3.94. The highest BCUT2D eigenvalue weighted by atomic mass is 19.1. The van der Waals surface area contributed by atoms with Crippen LogP contribution in [0.4, 0.5) is 20.3 Å². The number of hydrogen-bond donors (Lipinski definition) is 2. The summed E-state index contributed by atoms with van der Waals surface area (Å²) in [5.41, 5.74) is 0.507. The van der Waals surface area contributed by atoms with Crippen LogP contribution in [0.25, 0.3) is 0 Å². The van der Waals surface area contributed by atoms with Gasteiger partial charge < -0.3 is 15.5 Å². The van der Waals surface area contributed by atoms with Crippen LogP contribution in [0, 0.1) is 11.6 Å². The van der Waals surface area contributed by atoms with Crippen molar-refractivity contribution < 1.29 is 13.6 Å². The third kappa shape index (κ3) is 5.27. The van der Waals surface area contributed by atoms with Crippen molar-refractivity contribution in [1.29, 1.82) is 0 Å². The van der Waals surface area contributed by atoms with Gasteiger partial charge in [0, 0.05) is 24.4 Å². The molecule has 0 saturated carbocycles. The van der Waals surface area contributed by atoms with Gasteiger partial charge in [0.05, 0.1) is 5.69 Å². The predicted octanol–water partition coefficient (Wildman–Crippen LogP) is 2.78. The molecule has 1 aromatic heterocycles. The number of rotatable bonds is 7. The van der Waals surface area contributed by atoms with Gasteiger partial charge in [-0.2, -0.15) is 0 Å². The number of aromatic nitrogens is 1. The molecule has 0 atom stereocenters. The summed E-state index contributed by atoms with van der Waals surface area (Å²) in [5.74, 6) is -1.30. The summed E-state index contributed by atoms with van der Waals surface area (Å²) in [6, 6.07) is 6.30. The zero-order valence-electron chi connectivity index (χ0n) is 13.6. The van der Waals surface area contributed by atoms with Gasteiger partial charge in [0.15, 0.2) is 0 Å². The summed E-state index contributed by atoms with van der Waals surface area (Å²) >= 11 is 0. The van der Waals surface area contributed by atoms with Crippen molar-refractivity contribution in [2.75, 3.05) is 32.5 Å². The first kappa shape index (κ1) is 17.8. The Morgan fingerprint density at radius 1 is 1.21 bits per heavy atom. The standard InChI is InChI=1S/C17H20F2N4O/c1-23(2)9-3-7-21-17(24)12-6-8-20-16(10-12)22-15-5-4-13(18)11-14(15)19/h4-6,8,10-11H,3,7,9H2,1-2H3,(H,20,22)(H,21,24). The maximum atomic E-state index is 13.7. The van der Waals surface area contributed by atoms with Crippen LogP contribution in [0.2, 0.25) is 0 Å². The van der Waals surface area contributed by atoms with Crippen LogP contribution in [0.1, 0.15) is 16.8 Å². The lowest BCUT2D eigenvalue weighted by Crippen LogP contribution is -2.27. The molecule has 2 N–H and O–H groups in total. The number of hydrogen-bond acceptors (Lipinski definition) is 4. The van der Waals surface area contributed by atoms with Crippen molar-refractivity contribution in [3.63, 3.8) is 0 Å². The third-order valence-electron chi connectivity index (χ3n) is 3.28. The lowest BCUT2D eigenvalue weighted by Gasteiger charge is -2.11. The van der Waals surface area contributed by atoms with Crippen molar-refractivity contribution in [3.8, 4) is 0 Å². The molecule has 0 spiro atoms. The van der Waals surface area contributed by atoms with Crippen molar-refractivity contribution >= 4 is 17.4 Å². The van der Waals surface area contributed by atoms with Crippen molar-refractivity contribution in [2.24, 2.45) is 0 Å². The van der Waals surface area contributed by atoms with Crippen LogP contribution in [-0.2, 0) is 0 Å². The molecule has 0 saturated heterocycles. The zero-order valence-corrected chi connectivity index (χ0v) is 13.6. The third-order valence-corrected chi connectivity index (χ3v) is 3.28. The van der Waals surface area contributed by atoms with Gasteiger partial charge in [0.2, 0.25) is 0 Å². The normalized spacial score (nSPS) is 10.7.